The molecule has 3 heteroatoms. The van der Waals surface area contributed by atoms with Crippen molar-refractivity contribution in [3.05, 3.63) is 34.9 Å². The number of carbonyl (C=O) groups is 1. The summed E-state index contributed by atoms with van der Waals surface area (Å²) in [6.07, 6.45) is 3.78. The van der Waals surface area contributed by atoms with Gasteiger partial charge in [0.2, 0.25) is 0 Å². The number of hydrogen-bond donors (Lipinski definition) is 0. The van der Waals surface area contributed by atoms with E-state index in [2.05, 4.69) is 19.9 Å². The zero-order valence-corrected chi connectivity index (χ0v) is 14.0. The molecule has 0 bridgehead atoms. The van der Waals surface area contributed by atoms with E-state index >= 15 is 0 Å². The number of fused-ring (bicyclic) bond motifs is 2. The number of rotatable bonds is 2. The summed E-state index contributed by atoms with van der Waals surface area (Å²) in [6, 6.07) is 3.92. The van der Waals surface area contributed by atoms with E-state index in [1.807, 2.05) is 19.1 Å². The van der Waals surface area contributed by atoms with Crippen LogP contribution in [0.15, 0.2) is 23.8 Å². The predicted octanol–water partition coefficient (Wildman–Crippen LogP) is 3.91. The minimum atomic E-state index is -0.342. The van der Waals surface area contributed by atoms with Crippen molar-refractivity contribution in [1.29, 1.82) is 0 Å². The van der Waals surface area contributed by atoms with E-state index in [-0.39, 0.29) is 17.1 Å². The molecule has 0 N–H and O–H groups in total. The molecule has 0 saturated heterocycles. The smallest absolute Gasteiger partial charge is 0.164 e. The summed E-state index contributed by atoms with van der Waals surface area (Å²) < 4.78 is 11.2. The maximum absolute atomic E-state index is 12.9. The van der Waals surface area contributed by atoms with E-state index in [1.54, 1.807) is 14.2 Å². The standard InChI is InChI=1S/C19H24O3/c1-11-6-7-14-12(2)17-13(10-19(14,3)18(11)20)15(21-4)8-9-16(17)22-5/h6,8-9,12,14H,7,10H2,1-5H3. The molecule has 0 amide bonds. The summed E-state index contributed by atoms with van der Waals surface area (Å²) in [5.74, 6) is 2.64. The average Bonchev–Trinajstić information content (AvgIpc) is 2.51. The van der Waals surface area contributed by atoms with Crippen LogP contribution in [0.2, 0.25) is 0 Å². The van der Waals surface area contributed by atoms with E-state index < -0.39 is 0 Å². The lowest BCUT2D eigenvalue weighted by Gasteiger charge is -2.47. The fourth-order valence-electron chi connectivity index (χ4n) is 4.49. The van der Waals surface area contributed by atoms with Crippen molar-refractivity contribution in [2.75, 3.05) is 14.2 Å². The molecule has 0 spiro atoms. The molecule has 2 aliphatic rings. The number of Topliss-reactive ketones (excluding diaryl/α,β-unsaturated/α-hetero) is 1. The van der Waals surface area contributed by atoms with Gasteiger partial charge in [-0.1, -0.05) is 19.9 Å². The summed E-state index contributed by atoms with van der Waals surface area (Å²) >= 11 is 0. The van der Waals surface area contributed by atoms with Crippen LogP contribution in [0.25, 0.3) is 0 Å². The first-order valence-electron chi connectivity index (χ1n) is 7.89. The summed E-state index contributed by atoms with van der Waals surface area (Å²) in [7, 11) is 3.40. The van der Waals surface area contributed by atoms with E-state index in [4.69, 9.17) is 9.47 Å². The Balaban J connectivity index is 2.21. The highest BCUT2D eigenvalue weighted by atomic mass is 16.5. The number of hydrogen-bond acceptors (Lipinski definition) is 3. The van der Waals surface area contributed by atoms with Gasteiger partial charge in [0.25, 0.3) is 0 Å². The molecule has 3 nitrogen and oxygen atoms in total. The second-order valence-corrected chi connectivity index (χ2v) is 6.80. The summed E-state index contributed by atoms with van der Waals surface area (Å²) in [6.45, 7) is 6.27. The van der Waals surface area contributed by atoms with Crippen molar-refractivity contribution in [2.24, 2.45) is 11.3 Å². The van der Waals surface area contributed by atoms with Crippen LogP contribution in [0.4, 0.5) is 0 Å². The van der Waals surface area contributed by atoms with Crippen LogP contribution in [-0.4, -0.2) is 20.0 Å². The second kappa shape index (κ2) is 5.15. The lowest BCUT2D eigenvalue weighted by Crippen LogP contribution is -2.46. The molecule has 3 atom stereocenters. The van der Waals surface area contributed by atoms with Gasteiger partial charge in [0.15, 0.2) is 5.78 Å². The normalized spacial score (nSPS) is 30.2. The number of benzene rings is 1. The van der Waals surface area contributed by atoms with Crippen molar-refractivity contribution in [1.82, 2.24) is 0 Å². The molecule has 0 aliphatic heterocycles. The van der Waals surface area contributed by atoms with E-state index in [1.165, 1.54) is 5.56 Å². The van der Waals surface area contributed by atoms with E-state index in [0.29, 0.717) is 5.92 Å². The Morgan fingerprint density at radius 3 is 2.45 bits per heavy atom. The van der Waals surface area contributed by atoms with Crippen LogP contribution in [0, 0.1) is 11.3 Å². The highest BCUT2D eigenvalue weighted by molar-refractivity contribution is 6.00. The average molecular weight is 300 g/mol. The Bertz CT molecular complexity index is 659. The molecule has 22 heavy (non-hydrogen) atoms. The molecular weight excluding hydrogens is 276 g/mol. The Morgan fingerprint density at radius 2 is 1.82 bits per heavy atom. The zero-order valence-electron chi connectivity index (χ0n) is 14.0. The van der Waals surface area contributed by atoms with Crippen LogP contribution in [-0.2, 0) is 11.2 Å². The SMILES string of the molecule is COc1ccc(OC)c2c1CC1(C)C(=O)C(C)=CCC1C2C. The zero-order chi connectivity index (χ0) is 16.1. The van der Waals surface area contributed by atoms with Gasteiger partial charge in [-0.25, -0.2) is 0 Å². The summed E-state index contributed by atoms with van der Waals surface area (Å²) in [5, 5.41) is 0. The molecule has 1 aromatic rings. The molecule has 0 heterocycles. The first kappa shape index (κ1) is 15.1. The highest BCUT2D eigenvalue weighted by Crippen LogP contribution is 2.55. The molecule has 3 unspecified atom stereocenters. The second-order valence-electron chi connectivity index (χ2n) is 6.80. The van der Waals surface area contributed by atoms with Gasteiger partial charge in [-0.15, -0.1) is 0 Å². The van der Waals surface area contributed by atoms with Crippen molar-refractivity contribution in [3.63, 3.8) is 0 Å². The maximum Gasteiger partial charge on any atom is 0.164 e. The molecule has 0 radical (unpaired) electrons. The van der Waals surface area contributed by atoms with E-state index in [9.17, 15) is 4.79 Å². The summed E-state index contributed by atoms with van der Waals surface area (Å²) in [4.78, 5) is 12.9. The number of allylic oxidation sites excluding steroid dienone is 2. The predicted molar refractivity (Wildman–Crippen MR) is 86.6 cm³/mol. The van der Waals surface area contributed by atoms with Crippen molar-refractivity contribution < 1.29 is 14.3 Å². The number of methoxy groups -OCH3 is 2. The van der Waals surface area contributed by atoms with Gasteiger partial charge in [0.05, 0.1) is 14.2 Å². The first-order chi connectivity index (χ1) is 10.4. The molecule has 3 rings (SSSR count). The first-order valence-corrected chi connectivity index (χ1v) is 7.89. The largest absolute Gasteiger partial charge is 0.496 e. The Labute approximate surface area is 132 Å². The Hall–Kier alpha value is -1.77. The van der Waals surface area contributed by atoms with Gasteiger partial charge in [-0.3, -0.25) is 4.79 Å². The Kier molecular flexibility index (Phi) is 3.54. The molecule has 0 saturated carbocycles. The number of ether oxygens (including phenoxy) is 2. The lowest BCUT2D eigenvalue weighted by atomic mass is 9.55. The van der Waals surface area contributed by atoms with Crippen LogP contribution in [0.3, 0.4) is 0 Å². The van der Waals surface area contributed by atoms with Crippen molar-refractivity contribution >= 4 is 5.78 Å². The quantitative estimate of drug-likeness (QED) is 0.831. The minimum absolute atomic E-state index is 0.270. The topological polar surface area (TPSA) is 35.5 Å². The highest BCUT2D eigenvalue weighted by Gasteiger charge is 2.50. The van der Waals surface area contributed by atoms with Crippen molar-refractivity contribution in [3.8, 4) is 11.5 Å². The Morgan fingerprint density at radius 1 is 1.18 bits per heavy atom. The maximum atomic E-state index is 12.9. The van der Waals surface area contributed by atoms with Crippen molar-refractivity contribution in [2.45, 2.75) is 39.5 Å². The lowest BCUT2D eigenvalue weighted by molar-refractivity contribution is -0.128. The van der Waals surface area contributed by atoms with Gasteiger partial charge in [-0.05, 0) is 49.3 Å². The monoisotopic (exact) mass is 300 g/mol. The molecule has 1 aromatic carbocycles. The van der Waals surface area contributed by atoms with Crippen LogP contribution in [0.1, 0.15) is 44.2 Å². The molecule has 2 aliphatic carbocycles. The van der Waals surface area contributed by atoms with Gasteiger partial charge >= 0.3 is 0 Å². The molecule has 118 valence electrons. The summed E-state index contributed by atoms with van der Waals surface area (Å²) in [5.41, 5.74) is 2.91. The fraction of sp³-hybridized carbons (Fsp3) is 0.526. The third-order valence-corrected chi connectivity index (χ3v) is 5.69. The van der Waals surface area contributed by atoms with E-state index in [0.717, 1.165) is 35.5 Å². The number of ketones is 1. The number of carbonyl (C=O) groups excluding carboxylic acids is 1. The third-order valence-electron chi connectivity index (χ3n) is 5.69. The van der Waals surface area contributed by atoms with Crippen LogP contribution in [0.5, 0.6) is 11.5 Å². The molecule has 0 fully saturated rings. The molecular formula is C19H24O3. The fourth-order valence-corrected chi connectivity index (χ4v) is 4.49. The van der Waals surface area contributed by atoms with Gasteiger partial charge in [-0.2, -0.15) is 0 Å². The van der Waals surface area contributed by atoms with Gasteiger partial charge in [0, 0.05) is 16.5 Å². The van der Waals surface area contributed by atoms with Gasteiger partial charge < -0.3 is 9.47 Å². The minimum Gasteiger partial charge on any atom is -0.496 e. The van der Waals surface area contributed by atoms with Gasteiger partial charge in [0.1, 0.15) is 11.5 Å². The molecule has 0 aromatic heterocycles. The third kappa shape index (κ3) is 1.91. The van der Waals surface area contributed by atoms with Crippen LogP contribution >= 0.6 is 0 Å². The van der Waals surface area contributed by atoms with Crippen LogP contribution < -0.4 is 9.47 Å².